The van der Waals surface area contributed by atoms with Gasteiger partial charge in [-0.1, -0.05) is 49.4 Å². The summed E-state index contributed by atoms with van der Waals surface area (Å²) in [5.41, 5.74) is 3.45. The van der Waals surface area contributed by atoms with Gasteiger partial charge in [0.15, 0.2) is 11.6 Å². The predicted octanol–water partition coefficient (Wildman–Crippen LogP) is 6.44. The first kappa shape index (κ1) is 17.0. The number of hydrogen-bond acceptors (Lipinski definition) is 2. The second-order valence-corrected chi connectivity index (χ2v) is 6.27. The van der Waals surface area contributed by atoms with Crippen molar-refractivity contribution in [3.05, 3.63) is 89.9 Å². The zero-order valence-electron chi connectivity index (χ0n) is 14.9. The monoisotopic (exact) mass is 358 g/mol. The minimum Gasteiger partial charge on any atom is -0.454 e. The molecule has 0 spiro atoms. The minimum absolute atomic E-state index is 0.225. The maximum atomic E-state index is 15.1. The molecule has 1 aromatic heterocycles. The van der Waals surface area contributed by atoms with Crippen LogP contribution in [0.2, 0.25) is 0 Å². The predicted molar refractivity (Wildman–Crippen MR) is 107 cm³/mol. The SMILES string of the molecule is CC/C(=C\c1ccc2[nH]ncc2c1)c1cccc(Oc2ccccc2)c1F. The Kier molecular flexibility index (Phi) is 4.71. The molecular formula is C23H19FN2O. The summed E-state index contributed by atoms with van der Waals surface area (Å²) >= 11 is 0. The van der Waals surface area contributed by atoms with Gasteiger partial charge in [0.05, 0.1) is 11.7 Å². The number of halogens is 1. The molecule has 3 nitrogen and oxygen atoms in total. The number of aromatic nitrogens is 2. The van der Waals surface area contributed by atoms with Gasteiger partial charge in [0.1, 0.15) is 5.75 Å². The Morgan fingerprint density at radius 2 is 1.93 bits per heavy atom. The van der Waals surface area contributed by atoms with Crippen molar-refractivity contribution < 1.29 is 9.13 Å². The number of para-hydroxylation sites is 1. The Hall–Kier alpha value is -3.40. The zero-order valence-corrected chi connectivity index (χ0v) is 14.9. The third kappa shape index (κ3) is 3.60. The Morgan fingerprint density at radius 1 is 1.07 bits per heavy atom. The summed E-state index contributed by atoms with van der Waals surface area (Å²) in [5.74, 6) is 0.489. The van der Waals surface area contributed by atoms with Crippen LogP contribution in [0.15, 0.2) is 72.9 Å². The van der Waals surface area contributed by atoms with Crippen molar-refractivity contribution in [3.8, 4) is 11.5 Å². The van der Waals surface area contributed by atoms with Crippen LogP contribution in [0.25, 0.3) is 22.6 Å². The molecule has 0 amide bonds. The zero-order chi connectivity index (χ0) is 18.6. The molecule has 3 aromatic carbocycles. The number of nitrogens with one attached hydrogen (secondary N) is 1. The van der Waals surface area contributed by atoms with Crippen LogP contribution in [0.1, 0.15) is 24.5 Å². The van der Waals surface area contributed by atoms with Crippen LogP contribution >= 0.6 is 0 Å². The van der Waals surface area contributed by atoms with E-state index in [1.165, 1.54) is 0 Å². The quantitative estimate of drug-likeness (QED) is 0.417. The number of rotatable bonds is 5. The van der Waals surface area contributed by atoms with Crippen molar-refractivity contribution in [1.82, 2.24) is 10.2 Å². The number of allylic oxidation sites excluding steroid dienone is 1. The molecule has 4 aromatic rings. The maximum absolute atomic E-state index is 15.1. The molecule has 0 unspecified atom stereocenters. The van der Waals surface area contributed by atoms with Crippen molar-refractivity contribution in [1.29, 1.82) is 0 Å². The molecule has 0 saturated heterocycles. The van der Waals surface area contributed by atoms with Gasteiger partial charge < -0.3 is 4.74 Å². The van der Waals surface area contributed by atoms with Gasteiger partial charge in [-0.15, -0.1) is 0 Å². The molecule has 0 fully saturated rings. The van der Waals surface area contributed by atoms with E-state index in [0.717, 1.165) is 22.0 Å². The van der Waals surface area contributed by atoms with Gasteiger partial charge in [0.2, 0.25) is 0 Å². The van der Waals surface area contributed by atoms with E-state index in [1.54, 1.807) is 18.3 Å². The highest BCUT2D eigenvalue weighted by atomic mass is 19.1. The Morgan fingerprint density at radius 3 is 2.74 bits per heavy atom. The minimum atomic E-state index is -0.348. The smallest absolute Gasteiger partial charge is 0.173 e. The summed E-state index contributed by atoms with van der Waals surface area (Å²) in [6.45, 7) is 2.02. The Labute approximate surface area is 157 Å². The fourth-order valence-corrected chi connectivity index (χ4v) is 3.08. The van der Waals surface area contributed by atoms with E-state index in [2.05, 4.69) is 10.2 Å². The standard InChI is InChI=1S/C23H19FN2O/c1-2-17(13-16-11-12-21-18(14-16)15-25-26-21)20-9-6-10-22(23(20)24)27-19-7-4-3-5-8-19/h3-15H,2H2,1H3,(H,25,26)/b17-13+. The van der Waals surface area contributed by atoms with E-state index < -0.39 is 0 Å². The average Bonchev–Trinajstić information content (AvgIpc) is 3.17. The van der Waals surface area contributed by atoms with Gasteiger partial charge >= 0.3 is 0 Å². The molecule has 0 saturated carbocycles. The Bertz CT molecular complexity index is 1100. The first-order chi connectivity index (χ1) is 13.2. The molecule has 0 aliphatic carbocycles. The Balaban J connectivity index is 1.70. The van der Waals surface area contributed by atoms with Crippen molar-refractivity contribution in [3.63, 3.8) is 0 Å². The fourth-order valence-electron chi connectivity index (χ4n) is 3.08. The number of nitrogens with zero attached hydrogens (tertiary/aromatic N) is 1. The first-order valence-electron chi connectivity index (χ1n) is 8.90. The van der Waals surface area contributed by atoms with Crippen molar-refractivity contribution >= 4 is 22.6 Å². The molecule has 0 atom stereocenters. The van der Waals surface area contributed by atoms with Crippen LogP contribution in [0.5, 0.6) is 11.5 Å². The van der Waals surface area contributed by atoms with Crippen molar-refractivity contribution in [2.45, 2.75) is 13.3 Å². The number of H-pyrrole nitrogens is 1. The van der Waals surface area contributed by atoms with E-state index in [4.69, 9.17) is 4.74 Å². The van der Waals surface area contributed by atoms with E-state index in [0.29, 0.717) is 17.7 Å². The summed E-state index contributed by atoms with van der Waals surface area (Å²) < 4.78 is 20.8. The molecule has 4 rings (SSSR count). The number of fused-ring (bicyclic) bond motifs is 1. The molecule has 4 heteroatoms. The summed E-state index contributed by atoms with van der Waals surface area (Å²) in [4.78, 5) is 0. The lowest BCUT2D eigenvalue weighted by molar-refractivity contribution is 0.441. The molecule has 1 heterocycles. The van der Waals surface area contributed by atoms with E-state index in [9.17, 15) is 0 Å². The topological polar surface area (TPSA) is 37.9 Å². The highest BCUT2D eigenvalue weighted by Crippen LogP contribution is 2.32. The first-order valence-corrected chi connectivity index (χ1v) is 8.90. The molecule has 27 heavy (non-hydrogen) atoms. The summed E-state index contributed by atoms with van der Waals surface area (Å²) in [5, 5.41) is 8.01. The van der Waals surface area contributed by atoms with E-state index in [1.807, 2.05) is 67.6 Å². The van der Waals surface area contributed by atoms with Crippen LogP contribution in [-0.2, 0) is 0 Å². The third-order valence-electron chi connectivity index (χ3n) is 4.47. The molecule has 0 radical (unpaired) electrons. The fraction of sp³-hybridized carbons (Fsp3) is 0.0870. The van der Waals surface area contributed by atoms with Crippen LogP contribution in [0.3, 0.4) is 0 Å². The lowest BCUT2D eigenvalue weighted by atomic mass is 9.99. The normalized spacial score (nSPS) is 11.7. The van der Waals surface area contributed by atoms with Gasteiger partial charge in [-0.05, 0) is 47.9 Å². The average molecular weight is 358 g/mol. The lowest BCUT2D eigenvalue weighted by Gasteiger charge is -2.12. The molecule has 0 aliphatic rings. The number of aromatic amines is 1. The molecule has 0 bridgehead atoms. The summed E-state index contributed by atoms with van der Waals surface area (Å²) in [7, 11) is 0. The summed E-state index contributed by atoms with van der Waals surface area (Å²) in [6.07, 6.45) is 4.50. The highest BCUT2D eigenvalue weighted by molar-refractivity contribution is 5.86. The molecule has 134 valence electrons. The van der Waals surface area contributed by atoms with Crippen LogP contribution in [0.4, 0.5) is 4.39 Å². The van der Waals surface area contributed by atoms with Crippen LogP contribution in [0, 0.1) is 5.82 Å². The molecule has 1 N–H and O–H groups in total. The number of benzene rings is 3. The summed E-state index contributed by atoms with van der Waals surface area (Å²) in [6, 6.07) is 20.5. The highest BCUT2D eigenvalue weighted by Gasteiger charge is 2.13. The van der Waals surface area contributed by atoms with Crippen LogP contribution < -0.4 is 4.74 Å². The van der Waals surface area contributed by atoms with Gasteiger partial charge in [0, 0.05) is 10.9 Å². The molecule has 0 aliphatic heterocycles. The van der Waals surface area contributed by atoms with Crippen molar-refractivity contribution in [2.24, 2.45) is 0 Å². The van der Waals surface area contributed by atoms with E-state index in [-0.39, 0.29) is 11.6 Å². The van der Waals surface area contributed by atoms with Crippen molar-refractivity contribution in [2.75, 3.05) is 0 Å². The number of hydrogen-bond donors (Lipinski definition) is 1. The molecular weight excluding hydrogens is 339 g/mol. The second-order valence-electron chi connectivity index (χ2n) is 6.27. The third-order valence-corrected chi connectivity index (χ3v) is 4.47. The maximum Gasteiger partial charge on any atom is 0.173 e. The van der Waals surface area contributed by atoms with Crippen LogP contribution in [-0.4, -0.2) is 10.2 Å². The number of ether oxygens (including phenoxy) is 1. The second kappa shape index (κ2) is 7.46. The van der Waals surface area contributed by atoms with Gasteiger partial charge in [-0.25, -0.2) is 4.39 Å². The van der Waals surface area contributed by atoms with E-state index >= 15 is 4.39 Å². The lowest BCUT2D eigenvalue weighted by Crippen LogP contribution is -1.94. The van der Waals surface area contributed by atoms with Gasteiger partial charge in [0.25, 0.3) is 0 Å². The van der Waals surface area contributed by atoms with Gasteiger partial charge in [-0.2, -0.15) is 5.10 Å². The van der Waals surface area contributed by atoms with Gasteiger partial charge in [-0.3, -0.25) is 5.10 Å². The largest absolute Gasteiger partial charge is 0.454 e.